The second-order valence-electron chi connectivity index (χ2n) is 5.05. The fraction of sp³-hybridized carbons (Fsp3) is 0.636. The van der Waals surface area contributed by atoms with Crippen LogP contribution in [0.2, 0.25) is 0 Å². The van der Waals surface area contributed by atoms with Gasteiger partial charge in [-0.1, -0.05) is 0 Å². The second-order valence-corrected chi connectivity index (χ2v) is 5.05. The van der Waals surface area contributed by atoms with Gasteiger partial charge in [0.15, 0.2) is 0 Å². The molecular weight excluding hydrogens is 262 g/mol. The van der Waals surface area contributed by atoms with Crippen molar-refractivity contribution in [3.05, 3.63) is 16.4 Å². The number of nitro groups is 1. The highest BCUT2D eigenvalue weighted by molar-refractivity contribution is 5.70. The first-order chi connectivity index (χ1) is 9.54. The molecule has 9 heteroatoms. The first-order valence-electron chi connectivity index (χ1n) is 6.42. The maximum absolute atomic E-state index is 11.3. The lowest BCUT2D eigenvalue weighted by Gasteiger charge is -2.27. The summed E-state index contributed by atoms with van der Waals surface area (Å²) < 4.78 is 0. The van der Waals surface area contributed by atoms with Crippen molar-refractivity contribution in [3.8, 4) is 0 Å². The molecule has 1 aliphatic rings. The molecular formula is C11H19N7O2. The van der Waals surface area contributed by atoms with Gasteiger partial charge >= 0.3 is 5.69 Å². The third kappa shape index (κ3) is 2.78. The van der Waals surface area contributed by atoms with Crippen LogP contribution in [0.4, 0.5) is 17.3 Å². The van der Waals surface area contributed by atoms with Crippen LogP contribution in [0.25, 0.3) is 0 Å². The number of hydrazine groups is 1. The zero-order valence-electron chi connectivity index (χ0n) is 11.6. The molecule has 1 aliphatic heterocycles. The quantitative estimate of drug-likeness (QED) is 0.447. The molecule has 2 heterocycles. The predicted octanol–water partition coefficient (Wildman–Crippen LogP) is 0.201. The number of nitrogen functional groups attached to an aromatic ring is 1. The molecule has 0 spiro atoms. The number of nitrogens with one attached hydrogen (secondary N) is 1. The van der Waals surface area contributed by atoms with Crippen molar-refractivity contribution in [2.75, 3.05) is 37.5 Å². The Bertz CT molecular complexity index is 494. The van der Waals surface area contributed by atoms with E-state index in [1.54, 1.807) is 0 Å². The fourth-order valence-electron chi connectivity index (χ4n) is 2.58. The van der Waals surface area contributed by atoms with Gasteiger partial charge in [-0.05, 0) is 26.9 Å². The van der Waals surface area contributed by atoms with E-state index in [9.17, 15) is 10.1 Å². The number of likely N-dealkylation sites (N-methyl/N-ethyl adjacent to an activating group) is 1. The van der Waals surface area contributed by atoms with Gasteiger partial charge < -0.3 is 15.2 Å². The highest BCUT2D eigenvalue weighted by Crippen LogP contribution is 2.35. The lowest BCUT2D eigenvalue weighted by molar-refractivity contribution is -0.383. The van der Waals surface area contributed by atoms with E-state index in [4.69, 9.17) is 5.84 Å². The molecule has 110 valence electrons. The van der Waals surface area contributed by atoms with Crippen molar-refractivity contribution in [3.63, 3.8) is 0 Å². The molecule has 2 rings (SSSR count). The maximum Gasteiger partial charge on any atom is 0.354 e. The van der Waals surface area contributed by atoms with Gasteiger partial charge in [-0.2, -0.15) is 0 Å². The number of hydrogen-bond acceptors (Lipinski definition) is 8. The average Bonchev–Trinajstić information content (AvgIpc) is 2.84. The minimum absolute atomic E-state index is 0.0375. The zero-order chi connectivity index (χ0) is 14.7. The van der Waals surface area contributed by atoms with Gasteiger partial charge in [-0.25, -0.2) is 15.8 Å². The summed E-state index contributed by atoms with van der Waals surface area (Å²) in [6, 6.07) is 0.212. The van der Waals surface area contributed by atoms with Gasteiger partial charge in [0.25, 0.3) is 0 Å². The second kappa shape index (κ2) is 5.97. The van der Waals surface area contributed by atoms with Crippen molar-refractivity contribution < 1.29 is 4.92 Å². The topological polar surface area (TPSA) is 113 Å². The molecule has 0 saturated carbocycles. The van der Waals surface area contributed by atoms with Crippen LogP contribution >= 0.6 is 0 Å². The van der Waals surface area contributed by atoms with Crippen LogP contribution in [0.15, 0.2) is 6.33 Å². The third-order valence-electron chi connectivity index (χ3n) is 3.35. The van der Waals surface area contributed by atoms with Crippen LogP contribution in [0.3, 0.4) is 0 Å². The van der Waals surface area contributed by atoms with Gasteiger partial charge in [0.1, 0.15) is 6.33 Å². The largest absolute Gasteiger partial charge is 0.354 e. The van der Waals surface area contributed by atoms with Gasteiger partial charge in [-0.15, -0.1) is 0 Å². The summed E-state index contributed by atoms with van der Waals surface area (Å²) in [6.07, 6.45) is 3.28. The van der Waals surface area contributed by atoms with Crippen LogP contribution in [0.5, 0.6) is 0 Å². The summed E-state index contributed by atoms with van der Waals surface area (Å²) in [6.45, 7) is 1.58. The summed E-state index contributed by atoms with van der Waals surface area (Å²) >= 11 is 0. The Balaban J connectivity index is 2.38. The number of hydrogen-bond donors (Lipinski definition) is 2. The molecule has 20 heavy (non-hydrogen) atoms. The predicted molar refractivity (Wildman–Crippen MR) is 75.4 cm³/mol. The average molecular weight is 281 g/mol. The van der Waals surface area contributed by atoms with Crippen LogP contribution < -0.4 is 16.2 Å². The molecule has 1 fully saturated rings. The Morgan fingerprint density at radius 1 is 1.60 bits per heavy atom. The molecule has 0 bridgehead atoms. The molecule has 9 nitrogen and oxygen atoms in total. The van der Waals surface area contributed by atoms with E-state index in [2.05, 4.69) is 20.3 Å². The van der Waals surface area contributed by atoms with Crippen molar-refractivity contribution in [1.82, 2.24) is 14.9 Å². The van der Waals surface area contributed by atoms with E-state index < -0.39 is 4.92 Å². The molecule has 1 aromatic heterocycles. The SMILES string of the molecule is CN(C)CC1CCCN1c1ncnc(NN)c1[N+](=O)[O-]. The van der Waals surface area contributed by atoms with Crippen LogP contribution in [-0.4, -0.2) is 53.0 Å². The molecule has 1 atom stereocenters. The molecule has 1 aromatic rings. The lowest BCUT2D eigenvalue weighted by atomic mass is 10.2. The Hall–Kier alpha value is -2.00. The smallest absolute Gasteiger partial charge is 0.346 e. The molecule has 0 amide bonds. The number of nitrogens with two attached hydrogens (primary N) is 1. The number of aromatic nitrogens is 2. The number of nitrogens with zero attached hydrogens (tertiary/aromatic N) is 5. The van der Waals surface area contributed by atoms with Crippen molar-refractivity contribution in [1.29, 1.82) is 0 Å². The lowest BCUT2D eigenvalue weighted by Crippen LogP contribution is -2.38. The van der Waals surface area contributed by atoms with Crippen LogP contribution in [0.1, 0.15) is 12.8 Å². The Morgan fingerprint density at radius 3 is 2.95 bits per heavy atom. The van der Waals surface area contributed by atoms with E-state index in [-0.39, 0.29) is 17.5 Å². The molecule has 0 aromatic carbocycles. The summed E-state index contributed by atoms with van der Waals surface area (Å²) in [4.78, 5) is 22.7. The molecule has 0 radical (unpaired) electrons. The Labute approximate surface area is 116 Å². The molecule has 0 aliphatic carbocycles. The maximum atomic E-state index is 11.3. The van der Waals surface area contributed by atoms with Crippen molar-refractivity contribution >= 4 is 17.3 Å². The van der Waals surface area contributed by atoms with Gasteiger partial charge in [-0.3, -0.25) is 10.1 Å². The van der Waals surface area contributed by atoms with E-state index in [0.29, 0.717) is 5.82 Å². The van der Waals surface area contributed by atoms with E-state index in [1.165, 1.54) is 6.33 Å². The zero-order valence-corrected chi connectivity index (χ0v) is 11.6. The van der Waals surface area contributed by atoms with Crippen LogP contribution in [0, 0.1) is 10.1 Å². The summed E-state index contributed by atoms with van der Waals surface area (Å²) in [5.74, 6) is 5.67. The molecule has 3 N–H and O–H groups in total. The molecule has 1 unspecified atom stereocenters. The number of anilines is 2. The minimum atomic E-state index is -0.491. The standard InChI is InChI=1S/C11H19N7O2/c1-16(2)6-8-4-3-5-17(8)11-9(18(19)20)10(15-12)13-7-14-11/h7-8H,3-6,12H2,1-2H3,(H,13,14,15). The van der Waals surface area contributed by atoms with Crippen LogP contribution in [-0.2, 0) is 0 Å². The monoisotopic (exact) mass is 281 g/mol. The fourth-order valence-corrected chi connectivity index (χ4v) is 2.58. The highest BCUT2D eigenvalue weighted by atomic mass is 16.6. The third-order valence-corrected chi connectivity index (χ3v) is 3.35. The normalized spacial score (nSPS) is 18.6. The van der Waals surface area contributed by atoms with E-state index in [1.807, 2.05) is 19.0 Å². The first-order valence-corrected chi connectivity index (χ1v) is 6.42. The van der Waals surface area contributed by atoms with E-state index in [0.717, 1.165) is 25.9 Å². The van der Waals surface area contributed by atoms with Gasteiger partial charge in [0.2, 0.25) is 11.6 Å². The van der Waals surface area contributed by atoms with Crippen molar-refractivity contribution in [2.24, 2.45) is 5.84 Å². The van der Waals surface area contributed by atoms with Gasteiger partial charge in [0.05, 0.1) is 4.92 Å². The first kappa shape index (κ1) is 14.4. The van der Waals surface area contributed by atoms with E-state index >= 15 is 0 Å². The number of rotatable bonds is 5. The Morgan fingerprint density at radius 2 is 2.35 bits per heavy atom. The summed E-state index contributed by atoms with van der Waals surface area (Å²) in [7, 11) is 3.97. The highest BCUT2D eigenvalue weighted by Gasteiger charge is 2.33. The minimum Gasteiger partial charge on any atom is -0.346 e. The molecule has 1 saturated heterocycles. The summed E-state index contributed by atoms with van der Waals surface area (Å²) in [5.41, 5.74) is 2.10. The Kier molecular flexibility index (Phi) is 4.30. The van der Waals surface area contributed by atoms with Crippen molar-refractivity contribution in [2.45, 2.75) is 18.9 Å². The van der Waals surface area contributed by atoms with Gasteiger partial charge in [0, 0.05) is 19.1 Å². The summed E-state index contributed by atoms with van der Waals surface area (Å²) in [5, 5.41) is 11.3.